The molecule has 0 saturated carbocycles. The predicted octanol–water partition coefficient (Wildman–Crippen LogP) is 4.04. The highest BCUT2D eigenvalue weighted by Gasteiger charge is 2.33. The maximum absolute atomic E-state index is 13.6. The van der Waals surface area contributed by atoms with Crippen LogP contribution < -0.4 is 17.0 Å². The Labute approximate surface area is 217 Å². The Morgan fingerprint density at radius 3 is 2.57 bits per heavy atom. The molecular weight excluding hydrogens is 496 g/mol. The number of hydrogen-bond donors (Lipinski definition) is 1. The standard InChI is InChI=1S/C27H29ClN4O5/c1-5-22-16(2)21-12-19(10-11-23(21)36-22)29-24-30-25(33)32(14-20-15-35-27(3,4)37-20)26(34)31(24)13-17-6-8-18(28)9-7-17/h6-12,20H,5,13-15H2,1-4H3,(H,29,30,33)/t20-/m0/s1. The molecule has 0 aliphatic carbocycles. The Bertz CT molecular complexity index is 1640. The van der Waals surface area contributed by atoms with Gasteiger partial charge in [-0.15, -0.1) is 0 Å². The van der Waals surface area contributed by atoms with E-state index in [1.54, 1.807) is 32.0 Å². The van der Waals surface area contributed by atoms with Crippen LogP contribution in [0, 0.1) is 6.92 Å². The first-order valence-electron chi connectivity index (χ1n) is 12.2. The van der Waals surface area contributed by atoms with Gasteiger partial charge < -0.3 is 13.9 Å². The average Bonchev–Trinajstić information content (AvgIpc) is 3.38. The van der Waals surface area contributed by atoms with Gasteiger partial charge in [-0.05, 0) is 62.2 Å². The Morgan fingerprint density at radius 1 is 1.14 bits per heavy atom. The van der Waals surface area contributed by atoms with Crippen LogP contribution in [0.1, 0.15) is 37.7 Å². The predicted molar refractivity (Wildman–Crippen MR) is 140 cm³/mol. The molecule has 37 heavy (non-hydrogen) atoms. The summed E-state index contributed by atoms with van der Waals surface area (Å²) in [6.07, 6.45) is 0.354. The zero-order valence-electron chi connectivity index (χ0n) is 21.2. The molecule has 1 saturated heterocycles. The largest absolute Gasteiger partial charge is 0.461 e. The molecular formula is C27H29ClN4O5. The van der Waals surface area contributed by atoms with E-state index in [9.17, 15) is 9.59 Å². The van der Waals surface area contributed by atoms with E-state index in [4.69, 9.17) is 25.5 Å². The number of fused-ring (bicyclic) bond motifs is 1. The Hall–Kier alpha value is -3.40. The fourth-order valence-corrected chi connectivity index (χ4v) is 4.69. The maximum Gasteiger partial charge on any atom is 0.335 e. The summed E-state index contributed by atoms with van der Waals surface area (Å²) in [4.78, 5) is 34.2. The highest BCUT2D eigenvalue weighted by Crippen LogP contribution is 2.29. The first-order chi connectivity index (χ1) is 17.6. The first-order valence-corrected chi connectivity index (χ1v) is 12.6. The third-order valence-electron chi connectivity index (χ3n) is 6.46. The lowest BCUT2D eigenvalue weighted by Crippen LogP contribution is -2.51. The number of aromatic amines is 1. The van der Waals surface area contributed by atoms with E-state index < -0.39 is 23.3 Å². The highest BCUT2D eigenvalue weighted by molar-refractivity contribution is 6.30. The summed E-state index contributed by atoms with van der Waals surface area (Å²) >= 11 is 6.05. The minimum absolute atomic E-state index is 0.0540. The lowest BCUT2D eigenvalue weighted by molar-refractivity contribution is -0.139. The van der Waals surface area contributed by atoms with Crippen molar-refractivity contribution in [2.24, 2.45) is 4.99 Å². The maximum atomic E-state index is 13.6. The number of aromatic nitrogens is 3. The molecule has 10 heteroatoms. The number of hydrogen-bond acceptors (Lipinski definition) is 6. The average molecular weight is 525 g/mol. The quantitative estimate of drug-likeness (QED) is 0.410. The zero-order valence-corrected chi connectivity index (χ0v) is 22.0. The van der Waals surface area contributed by atoms with Crippen molar-refractivity contribution < 1.29 is 13.9 Å². The lowest BCUT2D eigenvalue weighted by atomic mass is 10.1. The third-order valence-corrected chi connectivity index (χ3v) is 6.72. The van der Waals surface area contributed by atoms with Crippen molar-refractivity contribution in [1.82, 2.24) is 14.1 Å². The first kappa shape index (κ1) is 25.3. The number of nitrogens with one attached hydrogen (secondary N) is 1. The Morgan fingerprint density at radius 2 is 1.89 bits per heavy atom. The van der Waals surface area contributed by atoms with E-state index in [0.29, 0.717) is 10.7 Å². The number of halogens is 1. The summed E-state index contributed by atoms with van der Waals surface area (Å²) in [6, 6.07) is 12.7. The monoisotopic (exact) mass is 524 g/mol. The number of nitrogens with zero attached hydrogens (tertiary/aromatic N) is 3. The molecule has 1 atom stereocenters. The topological polar surface area (TPSA) is 104 Å². The summed E-state index contributed by atoms with van der Waals surface area (Å²) in [5.74, 6) is 0.152. The van der Waals surface area contributed by atoms with Crippen molar-refractivity contribution in [3.05, 3.63) is 91.0 Å². The van der Waals surface area contributed by atoms with Gasteiger partial charge in [0.05, 0.1) is 25.4 Å². The number of ether oxygens (including phenoxy) is 2. The van der Waals surface area contributed by atoms with Crippen molar-refractivity contribution in [3.63, 3.8) is 0 Å². The van der Waals surface area contributed by atoms with E-state index in [0.717, 1.165) is 38.8 Å². The highest BCUT2D eigenvalue weighted by atomic mass is 35.5. The minimum atomic E-state index is -0.767. The summed E-state index contributed by atoms with van der Waals surface area (Å²) in [5, 5.41) is 1.54. The summed E-state index contributed by atoms with van der Waals surface area (Å²) in [7, 11) is 0. The summed E-state index contributed by atoms with van der Waals surface area (Å²) in [5.41, 5.74) is 2.31. The molecule has 0 spiro atoms. The molecule has 2 aromatic heterocycles. The molecule has 0 bridgehead atoms. The molecule has 1 aliphatic heterocycles. The van der Waals surface area contributed by atoms with Gasteiger partial charge in [0, 0.05) is 16.8 Å². The third kappa shape index (κ3) is 5.20. The van der Waals surface area contributed by atoms with Crippen LogP contribution in [0.25, 0.3) is 11.0 Å². The summed E-state index contributed by atoms with van der Waals surface area (Å²) in [6.45, 7) is 8.17. The molecule has 5 rings (SSSR count). The molecule has 9 nitrogen and oxygen atoms in total. The zero-order chi connectivity index (χ0) is 26.3. The van der Waals surface area contributed by atoms with Crippen LogP contribution in [0.4, 0.5) is 5.69 Å². The Balaban J connectivity index is 1.62. The van der Waals surface area contributed by atoms with Gasteiger partial charge in [-0.2, -0.15) is 0 Å². The van der Waals surface area contributed by atoms with Gasteiger partial charge >= 0.3 is 11.4 Å². The van der Waals surface area contributed by atoms with Gasteiger partial charge in [-0.1, -0.05) is 30.7 Å². The second-order valence-electron chi connectivity index (χ2n) is 9.61. The fourth-order valence-electron chi connectivity index (χ4n) is 4.56. The SMILES string of the molecule is CCc1oc2ccc(/N=c3\[nH]c(=O)n(C[C@H]4COC(C)(C)O4)c(=O)n3Cc3ccc(Cl)cc3)cc2c1C. The minimum Gasteiger partial charge on any atom is -0.461 e. The van der Waals surface area contributed by atoms with E-state index in [1.807, 2.05) is 38.1 Å². The van der Waals surface area contributed by atoms with E-state index in [1.165, 1.54) is 4.57 Å². The summed E-state index contributed by atoms with van der Waals surface area (Å²) < 4.78 is 19.9. The molecule has 0 radical (unpaired) electrons. The second-order valence-corrected chi connectivity index (χ2v) is 10.0. The fraction of sp³-hybridized carbons (Fsp3) is 0.370. The molecule has 0 unspecified atom stereocenters. The molecule has 1 fully saturated rings. The molecule has 1 N–H and O–H groups in total. The van der Waals surface area contributed by atoms with Crippen molar-refractivity contribution >= 4 is 28.3 Å². The van der Waals surface area contributed by atoms with Crippen LogP contribution in [-0.2, 0) is 29.0 Å². The van der Waals surface area contributed by atoms with Crippen molar-refractivity contribution in [3.8, 4) is 0 Å². The number of rotatable bonds is 6. The van der Waals surface area contributed by atoms with E-state index in [2.05, 4.69) is 9.98 Å². The Kier molecular flexibility index (Phi) is 6.70. The molecule has 3 heterocycles. The van der Waals surface area contributed by atoms with Gasteiger partial charge in [0.15, 0.2) is 5.79 Å². The van der Waals surface area contributed by atoms with Gasteiger partial charge in [0.25, 0.3) is 0 Å². The van der Waals surface area contributed by atoms with Gasteiger partial charge in [-0.25, -0.2) is 19.1 Å². The van der Waals surface area contributed by atoms with E-state index >= 15 is 0 Å². The van der Waals surface area contributed by atoms with Crippen LogP contribution in [0.5, 0.6) is 0 Å². The number of H-pyrrole nitrogens is 1. The number of benzene rings is 2. The van der Waals surface area contributed by atoms with Gasteiger partial charge in [0.1, 0.15) is 17.4 Å². The molecule has 1 aliphatic rings. The van der Waals surface area contributed by atoms with Crippen LogP contribution in [0.2, 0.25) is 5.02 Å². The van der Waals surface area contributed by atoms with Crippen molar-refractivity contribution in [2.75, 3.05) is 6.61 Å². The van der Waals surface area contributed by atoms with Crippen LogP contribution in [0.3, 0.4) is 0 Å². The van der Waals surface area contributed by atoms with Crippen LogP contribution in [-0.4, -0.2) is 32.6 Å². The van der Waals surface area contributed by atoms with E-state index in [-0.39, 0.29) is 25.3 Å². The van der Waals surface area contributed by atoms with Gasteiger partial charge in [0.2, 0.25) is 5.62 Å². The number of furan rings is 1. The molecule has 4 aromatic rings. The normalized spacial score (nSPS) is 17.6. The number of aryl methyl sites for hydroxylation is 2. The van der Waals surface area contributed by atoms with Crippen molar-refractivity contribution in [1.29, 1.82) is 0 Å². The lowest BCUT2D eigenvalue weighted by Gasteiger charge is -2.17. The van der Waals surface area contributed by atoms with Gasteiger partial charge in [-0.3, -0.25) is 9.55 Å². The van der Waals surface area contributed by atoms with Crippen molar-refractivity contribution in [2.45, 2.75) is 59.1 Å². The second kappa shape index (κ2) is 9.81. The molecule has 0 amide bonds. The smallest absolute Gasteiger partial charge is 0.335 e. The molecule has 2 aromatic carbocycles. The van der Waals surface area contributed by atoms with Crippen LogP contribution in [0.15, 0.2) is 61.5 Å². The van der Waals surface area contributed by atoms with Crippen LogP contribution >= 0.6 is 11.6 Å². The molecule has 194 valence electrons.